The Morgan fingerprint density at radius 1 is 1.19 bits per heavy atom. The summed E-state index contributed by atoms with van der Waals surface area (Å²) in [5.74, 6) is 0.103. The molecule has 0 unspecified atom stereocenters. The third-order valence-electron chi connectivity index (χ3n) is 3.81. The van der Waals surface area contributed by atoms with Crippen molar-refractivity contribution < 1.29 is 19.1 Å². The van der Waals surface area contributed by atoms with Crippen LogP contribution in [0.4, 0.5) is 5.69 Å². The lowest BCUT2D eigenvalue weighted by Gasteiger charge is -2.12. The fraction of sp³-hybridized carbons (Fsp3) is 0.300. The van der Waals surface area contributed by atoms with E-state index in [1.165, 1.54) is 11.3 Å². The van der Waals surface area contributed by atoms with Crippen LogP contribution in [0, 0.1) is 0 Å². The van der Waals surface area contributed by atoms with Crippen LogP contribution in [0.2, 0.25) is 0 Å². The minimum atomic E-state index is -0.428. The summed E-state index contributed by atoms with van der Waals surface area (Å²) in [4.78, 5) is 25.8. The van der Waals surface area contributed by atoms with Crippen LogP contribution in [-0.2, 0) is 16.1 Å². The summed E-state index contributed by atoms with van der Waals surface area (Å²) < 4.78 is 12.4. The monoisotopic (exact) mass is 386 g/mol. The largest absolute Gasteiger partial charge is 0.494 e. The molecule has 1 aromatic carbocycles. The first-order valence-corrected chi connectivity index (χ1v) is 9.66. The molecule has 7 heteroatoms. The molecule has 0 saturated carbocycles. The van der Waals surface area contributed by atoms with Crippen molar-refractivity contribution in [2.75, 3.05) is 11.9 Å². The van der Waals surface area contributed by atoms with Crippen molar-refractivity contribution in [2.45, 2.75) is 33.4 Å². The van der Waals surface area contributed by atoms with Gasteiger partial charge in [-0.2, -0.15) is 0 Å². The summed E-state index contributed by atoms with van der Waals surface area (Å²) in [7, 11) is 0. The SMILES string of the molecule is CCOc1ccc(NC(=O)Cn2c(C(=O)OC(C)C)cc3ccsc32)cc1. The summed E-state index contributed by atoms with van der Waals surface area (Å²) >= 11 is 1.49. The second-order valence-electron chi connectivity index (χ2n) is 6.26. The number of ether oxygens (including phenoxy) is 2. The first-order chi connectivity index (χ1) is 13.0. The molecule has 1 N–H and O–H groups in total. The Morgan fingerprint density at radius 3 is 2.59 bits per heavy atom. The lowest BCUT2D eigenvalue weighted by molar-refractivity contribution is -0.116. The minimum absolute atomic E-state index is 0.0275. The number of thiophene rings is 1. The van der Waals surface area contributed by atoms with Gasteiger partial charge in [-0.25, -0.2) is 4.79 Å². The van der Waals surface area contributed by atoms with Gasteiger partial charge in [0.25, 0.3) is 0 Å². The van der Waals surface area contributed by atoms with E-state index in [4.69, 9.17) is 9.47 Å². The summed E-state index contributed by atoms with van der Waals surface area (Å²) in [6, 6.07) is 10.9. The molecule has 2 heterocycles. The maximum Gasteiger partial charge on any atom is 0.355 e. The van der Waals surface area contributed by atoms with Gasteiger partial charge in [0.1, 0.15) is 22.8 Å². The number of rotatable bonds is 7. The third kappa shape index (κ3) is 4.49. The van der Waals surface area contributed by atoms with E-state index in [0.29, 0.717) is 18.0 Å². The van der Waals surface area contributed by atoms with E-state index in [1.807, 2.05) is 18.4 Å². The van der Waals surface area contributed by atoms with Gasteiger partial charge in [-0.05, 0) is 62.5 Å². The van der Waals surface area contributed by atoms with Gasteiger partial charge in [-0.3, -0.25) is 4.79 Å². The lowest BCUT2D eigenvalue weighted by atomic mass is 10.3. The molecule has 2 aromatic heterocycles. The van der Waals surface area contributed by atoms with Gasteiger partial charge in [-0.15, -0.1) is 11.3 Å². The summed E-state index contributed by atoms with van der Waals surface area (Å²) in [5.41, 5.74) is 1.05. The van der Waals surface area contributed by atoms with Gasteiger partial charge >= 0.3 is 5.97 Å². The molecule has 0 bridgehead atoms. The number of carbonyl (C=O) groups is 2. The number of nitrogens with zero attached hydrogens (tertiary/aromatic N) is 1. The van der Waals surface area contributed by atoms with Crippen LogP contribution < -0.4 is 10.1 Å². The van der Waals surface area contributed by atoms with Gasteiger partial charge in [0, 0.05) is 11.1 Å². The molecular weight excluding hydrogens is 364 g/mol. The molecule has 0 aliphatic carbocycles. The van der Waals surface area contributed by atoms with Crippen LogP contribution in [0.5, 0.6) is 5.75 Å². The topological polar surface area (TPSA) is 69.6 Å². The maximum atomic E-state index is 12.5. The number of hydrogen-bond acceptors (Lipinski definition) is 5. The van der Waals surface area contributed by atoms with Crippen LogP contribution in [-0.4, -0.2) is 29.2 Å². The molecule has 0 radical (unpaired) electrons. The van der Waals surface area contributed by atoms with E-state index in [0.717, 1.165) is 16.0 Å². The third-order valence-corrected chi connectivity index (χ3v) is 4.76. The van der Waals surface area contributed by atoms with Crippen LogP contribution >= 0.6 is 11.3 Å². The standard InChI is InChI=1S/C20H22N2O4S/c1-4-25-16-7-5-15(6-8-16)21-18(23)12-22-17(20(24)26-13(2)3)11-14-9-10-27-19(14)22/h5-11,13H,4,12H2,1-3H3,(H,21,23). The van der Waals surface area contributed by atoms with Gasteiger partial charge in [0.2, 0.25) is 5.91 Å². The molecule has 0 aliphatic heterocycles. The average molecular weight is 386 g/mol. The van der Waals surface area contributed by atoms with E-state index in [-0.39, 0.29) is 18.6 Å². The first kappa shape index (κ1) is 19.0. The van der Waals surface area contributed by atoms with Crippen LogP contribution in [0.1, 0.15) is 31.3 Å². The molecule has 3 rings (SSSR count). The molecule has 3 aromatic rings. The van der Waals surface area contributed by atoms with Gasteiger partial charge < -0.3 is 19.4 Å². The molecule has 1 amide bonds. The van der Waals surface area contributed by atoms with Crippen molar-refractivity contribution in [3.05, 3.63) is 47.5 Å². The van der Waals surface area contributed by atoms with Crippen LogP contribution in [0.25, 0.3) is 10.2 Å². The molecule has 0 saturated heterocycles. The summed E-state index contributed by atoms with van der Waals surface area (Å²) in [6.07, 6.45) is -0.225. The maximum absolute atomic E-state index is 12.5. The Kier molecular flexibility index (Phi) is 5.81. The number of carbonyl (C=O) groups excluding carboxylic acids is 2. The molecule has 0 atom stereocenters. The zero-order valence-corrected chi connectivity index (χ0v) is 16.3. The van der Waals surface area contributed by atoms with Crippen molar-refractivity contribution in [2.24, 2.45) is 0 Å². The van der Waals surface area contributed by atoms with Gasteiger partial charge in [0.05, 0.1) is 12.7 Å². The molecule has 0 aliphatic rings. The fourth-order valence-electron chi connectivity index (χ4n) is 2.72. The zero-order chi connectivity index (χ0) is 19.4. The van der Waals surface area contributed by atoms with Crippen LogP contribution in [0.15, 0.2) is 41.8 Å². The summed E-state index contributed by atoms with van der Waals surface area (Å²) in [5, 5.41) is 5.71. The highest BCUT2D eigenvalue weighted by Gasteiger charge is 2.20. The van der Waals surface area contributed by atoms with E-state index >= 15 is 0 Å². The highest BCUT2D eigenvalue weighted by Crippen LogP contribution is 2.26. The molecule has 27 heavy (non-hydrogen) atoms. The number of anilines is 1. The van der Waals surface area contributed by atoms with Gasteiger partial charge in [-0.1, -0.05) is 0 Å². The minimum Gasteiger partial charge on any atom is -0.494 e. The number of esters is 1. The molecule has 0 fully saturated rings. The Balaban J connectivity index is 1.77. The Labute approximate surface area is 161 Å². The highest BCUT2D eigenvalue weighted by molar-refractivity contribution is 7.16. The smallest absolute Gasteiger partial charge is 0.355 e. The Bertz CT molecular complexity index is 941. The predicted molar refractivity (Wildman–Crippen MR) is 107 cm³/mol. The molecule has 0 spiro atoms. The second kappa shape index (κ2) is 8.26. The number of hydrogen-bond donors (Lipinski definition) is 1. The number of amides is 1. The fourth-order valence-corrected chi connectivity index (χ4v) is 3.62. The Hall–Kier alpha value is -2.80. The number of fused-ring (bicyclic) bond motifs is 1. The van der Waals surface area contributed by atoms with Crippen molar-refractivity contribution in [3.63, 3.8) is 0 Å². The summed E-state index contributed by atoms with van der Waals surface area (Å²) in [6.45, 7) is 6.13. The van der Waals surface area contributed by atoms with Crippen molar-refractivity contribution in [3.8, 4) is 5.75 Å². The predicted octanol–water partition coefficient (Wildman–Crippen LogP) is 4.31. The number of benzene rings is 1. The van der Waals surface area contributed by atoms with Gasteiger partial charge in [0.15, 0.2) is 0 Å². The highest BCUT2D eigenvalue weighted by atomic mass is 32.1. The van der Waals surface area contributed by atoms with E-state index in [9.17, 15) is 9.59 Å². The first-order valence-electron chi connectivity index (χ1n) is 8.78. The van der Waals surface area contributed by atoms with E-state index in [2.05, 4.69) is 5.32 Å². The Morgan fingerprint density at radius 2 is 1.93 bits per heavy atom. The molecule has 6 nitrogen and oxygen atoms in total. The lowest BCUT2D eigenvalue weighted by Crippen LogP contribution is -2.22. The molecule has 142 valence electrons. The van der Waals surface area contributed by atoms with Crippen molar-refractivity contribution >= 4 is 39.1 Å². The zero-order valence-electron chi connectivity index (χ0n) is 15.5. The average Bonchev–Trinajstić information content (AvgIpc) is 3.19. The number of nitrogens with one attached hydrogen (secondary N) is 1. The van der Waals surface area contributed by atoms with Crippen LogP contribution in [0.3, 0.4) is 0 Å². The van der Waals surface area contributed by atoms with E-state index < -0.39 is 5.97 Å². The van der Waals surface area contributed by atoms with Crippen molar-refractivity contribution in [1.29, 1.82) is 0 Å². The second-order valence-corrected chi connectivity index (χ2v) is 7.15. The van der Waals surface area contributed by atoms with Crippen molar-refractivity contribution in [1.82, 2.24) is 4.57 Å². The quantitative estimate of drug-likeness (QED) is 0.615. The van der Waals surface area contributed by atoms with E-state index in [1.54, 1.807) is 48.7 Å². The normalized spacial score (nSPS) is 11.0. The molecular formula is C20H22N2O4S. The number of aromatic nitrogens is 1.